The Hall–Kier alpha value is -0.620. The molecule has 0 bridgehead atoms. The highest BCUT2D eigenvalue weighted by atomic mass is 32.2. The minimum Gasteiger partial charge on any atom is -0.465 e. The summed E-state index contributed by atoms with van der Waals surface area (Å²) in [5, 5.41) is 0. The summed E-state index contributed by atoms with van der Waals surface area (Å²) in [4.78, 5) is 11.9. The summed E-state index contributed by atoms with van der Waals surface area (Å²) in [5.41, 5.74) is 0. The van der Waals surface area contributed by atoms with Crippen LogP contribution in [0.1, 0.15) is 6.42 Å². The molecule has 14 heavy (non-hydrogen) atoms. The molecule has 1 heterocycles. The van der Waals surface area contributed by atoms with Crippen molar-refractivity contribution in [1.82, 2.24) is 0 Å². The minimum atomic E-state index is -2.86. The summed E-state index contributed by atoms with van der Waals surface area (Å²) in [6.45, 7) is 0.233. The molecule has 0 aromatic heterocycles. The number of carbonyl (C=O) groups is 1. The molecule has 1 aliphatic heterocycles. The van der Waals surface area contributed by atoms with Gasteiger partial charge in [0.25, 0.3) is 0 Å². The molecule has 0 amide bonds. The fourth-order valence-electron chi connectivity index (χ4n) is 1.63. The van der Waals surface area contributed by atoms with E-state index >= 15 is 0 Å². The molecular weight excluding hydrogens is 206 g/mol. The summed E-state index contributed by atoms with van der Waals surface area (Å²) in [7, 11) is 0.300. The molecule has 5 nitrogen and oxygen atoms in total. The Bertz CT molecular complexity index is 311. The van der Waals surface area contributed by atoms with E-state index in [1.165, 1.54) is 7.11 Å². The average Bonchev–Trinajstić information content (AvgIpc) is 2.46. The molecule has 6 heteroatoms. The van der Waals surface area contributed by atoms with Crippen LogP contribution < -0.4 is 4.90 Å². The van der Waals surface area contributed by atoms with Crippen LogP contribution in [0.15, 0.2) is 0 Å². The van der Waals surface area contributed by atoms with Crippen LogP contribution >= 0.6 is 0 Å². The Kier molecular flexibility index (Phi) is 3.49. The number of hydrogen-bond acceptors (Lipinski definition) is 4. The highest BCUT2D eigenvalue weighted by molar-refractivity contribution is 7.91. The van der Waals surface area contributed by atoms with Gasteiger partial charge in [-0.15, -0.1) is 0 Å². The van der Waals surface area contributed by atoms with Gasteiger partial charge in [0, 0.05) is 6.42 Å². The molecule has 1 fully saturated rings. The van der Waals surface area contributed by atoms with Crippen molar-refractivity contribution < 1.29 is 22.8 Å². The topological polar surface area (TPSA) is 64.9 Å². The molecule has 1 saturated heterocycles. The van der Waals surface area contributed by atoms with E-state index in [-0.39, 0.29) is 30.1 Å². The lowest BCUT2D eigenvalue weighted by molar-refractivity contribution is -0.895. The van der Waals surface area contributed by atoms with Crippen molar-refractivity contribution in [1.29, 1.82) is 0 Å². The fraction of sp³-hybridized carbons (Fsp3) is 0.875. The van der Waals surface area contributed by atoms with Crippen molar-refractivity contribution in [2.45, 2.75) is 12.5 Å². The number of sulfone groups is 1. The smallest absolute Gasteiger partial charge is 0.361 e. The van der Waals surface area contributed by atoms with Gasteiger partial charge in [0.1, 0.15) is 11.8 Å². The van der Waals surface area contributed by atoms with Crippen LogP contribution in [0.4, 0.5) is 0 Å². The molecule has 0 spiro atoms. The number of nitrogens with one attached hydrogen (secondary N) is 1. The number of rotatable bonds is 3. The molecule has 1 aliphatic rings. The Morgan fingerprint density at radius 1 is 1.57 bits per heavy atom. The van der Waals surface area contributed by atoms with E-state index < -0.39 is 9.84 Å². The standard InChI is InChI=1S/C8H15NO4S/c1-9(5-8(10)13-2)7-3-4-14(11,12)6-7/h7H,3-6H2,1-2H3/p+1/t7-/m1/s1. The van der Waals surface area contributed by atoms with Crippen molar-refractivity contribution in [2.24, 2.45) is 0 Å². The zero-order chi connectivity index (χ0) is 10.8. The third-order valence-electron chi connectivity index (χ3n) is 2.58. The van der Waals surface area contributed by atoms with Crippen LogP contribution in [-0.4, -0.2) is 52.6 Å². The molecule has 0 aromatic rings. The van der Waals surface area contributed by atoms with E-state index in [1.54, 1.807) is 0 Å². The summed E-state index contributed by atoms with van der Waals surface area (Å²) >= 11 is 0. The van der Waals surface area contributed by atoms with Crippen molar-refractivity contribution in [3.8, 4) is 0 Å². The van der Waals surface area contributed by atoms with Crippen LogP contribution in [0.25, 0.3) is 0 Å². The SMILES string of the molecule is COC(=O)C[NH+](C)[C@@H]1CCS(=O)(=O)C1. The molecule has 1 rings (SSSR count). The monoisotopic (exact) mass is 222 g/mol. The van der Waals surface area contributed by atoms with E-state index in [0.717, 1.165) is 4.90 Å². The number of hydrogen-bond donors (Lipinski definition) is 1. The Morgan fingerprint density at radius 2 is 2.21 bits per heavy atom. The van der Waals surface area contributed by atoms with Crippen LogP contribution in [0.2, 0.25) is 0 Å². The highest BCUT2D eigenvalue weighted by Crippen LogP contribution is 2.08. The van der Waals surface area contributed by atoms with Gasteiger partial charge in [-0.1, -0.05) is 0 Å². The summed E-state index contributed by atoms with van der Waals surface area (Å²) in [5.74, 6) is 0.137. The van der Waals surface area contributed by atoms with Crippen molar-refractivity contribution in [3.63, 3.8) is 0 Å². The molecule has 1 N–H and O–H groups in total. The van der Waals surface area contributed by atoms with E-state index in [2.05, 4.69) is 4.74 Å². The second-order valence-electron chi connectivity index (χ2n) is 3.70. The van der Waals surface area contributed by atoms with Gasteiger partial charge in [0.2, 0.25) is 0 Å². The average molecular weight is 222 g/mol. The zero-order valence-electron chi connectivity index (χ0n) is 8.45. The second-order valence-corrected chi connectivity index (χ2v) is 5.93. The number of esters is 1. The summed E-state index contributed by atoms with van der Waals surface area (Å²) < 4.78 is 26.9. The first kappa shape index (κ1) is 11.5. The van der Waals surface area contributed by atoms with E-state index in [0.29, 0.717) is 6.42 Å². The second kappa shape index (κ2) is 4.27. The first-order valence-electron chi connectivity index (χ1n) is 4.54. The number of carbonyl (C=O) groups excluding carboxylic acids is 1. The number of quaternary nitrogens is 1. The van der Waals surface area contributed by atoms with Gasteiger partial charge in [-0.2, -0.15) is 0 Å². The Balaban J connectivity index is 2.47. The minimum absolute atomic E-state index is 0.0408. The van der Waals surface area contributed by atoms with Crippen molar-refractivity contribution >= 4 is 15.8 Å². The third-order valence-corrected chi connectivity index (χ3v) is 4.35. The van der Waals surface area contributed by atoms with Crippen LogP contribution in [0.5, 0.6) is 0 Å². The molecule has 82 valence electrons. The van der Waals surface area contributed by atoms with Gasteiger partial charge in [-0.3, -0.25) is 0 Å². The van der Waals surface area contributed by atoms with Gasteiger partial charge < -0.3 is 9.64 Å². The third kappa shape index (κ3) is 2.95. The quantitative estimate of drug-likeness (QED) is 0.554. The predicted molar refractivity (Wildman–Crippen MR) is 50.8 cm³/mol. The molecule has 0 saturated carbocycles. The van der Waals surface area contributed by atoms with Crippen LogP contribution in [-0.2, 0) is 19.4 Å². The van der Waals surface area contributed by atoms with Crippen LogP contribution in [0, 0.1) is 0 Å². The molecule has 0 aromatic carbocycles. The molecule has 0 radical (unpaired) electrons. The fourth-order valence-corrected chi connectivity index (χ4v) is 3.50. The van der Waals surface area contributed by atoms with Crippen molar-refractivity contribution in [3.05, 3.63) is 0 Å². The van der Waals surface area contributed by atoms with Gasteiger partial charge in [-0.05, 0) is 0 Å². The van der Waals surface area contributed by atoms with Gasteiger partial charge in [0.05, 0.1) is 19.9 Å². The number of likely N-dealkylation sites (N-methyl/N-ethyl adjacent to an activating group) is 1. The Labute approximate surface area is 83.9 Å². The number of ether oxygens (including phenoxy) is 1. The highest BCUT2D eigenvalue weighted by Gasteiger charge is 2.34. The molecule has 0 aliphatic carbocycles. The summed E-state index contributed by atoms with van der Waals surface area (Å²) in [6, 6.07) is 0.0408. The van der Waals surface area contributed by atoms with E-state index in [9.17, 15) is 13.2 Å². The van der Waals surface area contributed by atoms with Gasteiger partial charge >= 0.3 is 5.97 Å². The van der Waals surface area contributed by atoms with E-state index in [1.807, 2.05) is 7.05 Å². The maximum atomic E-state index is 11.2. The Morgan fingerprint density at radius 3 is 2.64 bits per heavy atom. The van der Waals surface area contributed by atoms with Crippen molar-refractivity contribution in [2.75, 3.05) is 32.2 Å². The molecule has 2 atom stereocenters. The predicted octanol–water partition coefficient (Wildman–Crippen LogP) is -2.14. The summed E-state index contributed by atoms with van der Waals surface area (Å²) in [6.07, 6.45) is 0.644. The largest absolute Gasteiger partial charge is 0.465 e. The van der Waals surface area contributed by atoms with E-state index in [4.69, 9.17) is 0 Å². The lowest BCUT2D eigenvalue weighted by atomic mass is 10.2. The first-order chi connectivity index (χ1) is 6.44. The zero-order valence-corrected chi connectivity index (χ0v) is 9.26. The maximum Gasteiger partial charge on any atom is 0.361 e. The first-order valence-corrected chi connectivity index (χ1v) is 6.36. The molecular formula is C8H16NO4S+. The normalized spacial score (nSPS) is 27.1. The van der Waals surface area contributed by atoms with Gasteiger partial charge in [0.15, 0.2) is 16.4 Å². The van der Waals surface area contributed by atoms with Gasteiger partial charge in [-0.25, -0.2) is 13.2 Å². The lowest BCUT2D eigenvalue weighted by Gasteiger charge is -2.18. The van der Waals surface area contributed by atoms with Crippen LogP contribution in [0.3, 0.4) is 0 Å². The number of methoxy groups -OCH3 is 1. The molecule has 1 unspecified atom stereocenters. The lowest BCUT2D eigenvalue weighted by Crippen LogP contribution is -3.14. The maximum absolute atomic E-state index is 11.2.